The van der Waals surface area contributed by atoms with Crippen LogP contribution in [0.25, 0.3) is 0 Å². The second-order valence-electron chi connectivity index (χ2n) is 3.46. The predicted molar refractivity (Wildman–Crippen MR) is 59.1 cm³/mol. The van der Waals surface area contributed by atoms with Gasteiger partial charge in [-0.3, -0.25) is 0 Å². The normalized spacial score (nSPS) is 32.9. The van der Waals surface area contributed by atoms with Crippen molar-refractivity contribution in [2.24, 2.45) is 11.8 Å². The van der Waals surface area contributed by atoms with Crippen LogP contribution in [0.5, 0.6) is 0 Å². The van der Waals surface area contributed by atoms with Gasteiger partial charge in [-0.15, -0.1) is 0 Å². The van der Waals surface area contributed by atoms with Crippen LogP contribution in [0.3, 0.4) is 0 Å². The van der Waals surface area contributed by atoms with Crippen LogP contribution in [0, 0.1) is 11.8 Å². The number of alkyl halides is 1. The Bertz CT molecular complexity index is 121. The van der Waals surface area contributed by atoms with Crippen molar-refractivity contribution in [2.45, 2.75) is 32.6 Å². The van der Waals surface area contributed by atoms with Gasteiger partial charge in [0.2, 0.25) is 0 Å². The molecule has 0 aliphatic heterocycles. The van der Waals surface area contributed by atoms with E-state index in [0.717, 1.165) is 11.8 Å². The minimum absolute atomic E-state index is 0.902. The number of halogens is 1. The molecule has 0 bridgehead atoms. The third-order valence-electron chi connectivity index (χ3n) is 2.57. The Morgan fingerprint density at radius 3 is 2.36 bits per heavy atom. The van der Waals surface area contributed by atoms with Crippen molar-refractivity contribution < 1.29 is 0 Å². The van der Waals surface area contributed by atoms with Gasteiger partial charge in [0.15, 0.2) is 0 Å². The molecule has 0 N–H and O–H groups in total. The van der Waals surface area contributed by atoms with E-state index in [9.17, 15) is 0 Å². The van der Waals surface area contributed by atoms with E-state index < -0.39 is 0 Å². The van der Waals surface area contributed by atoms with Crippen molar-refractivity contribution in [1.29, 1.82) is 0 Å². The molecule has 1 heteroatoms. The zero-order chi connectivity index (χ0) is 8.10. The van der Waals surface area contributed by atoms with Crippen LogP contribution in [0.1, 0.15) is 32.6 Å². The van der Waals surface area contributed by atoms with E-state index in [-0.39, 0.29) is 0 Å². The molecule has 0 amide bonds. The summed E-state index contributed by atoms with van der Waals surface area (Å²) >= 11 is 2.52. The first kappa shape index (κ1) is 9.56. The highest BCUT2D eigenvalue weighted by Gasteiger charge is 2.17. The van der Waals surface area contributed by atoms with E-state index in [4.69, 9.17) is 0 Å². The van der Waals surface area contributed by atoms with Crippen molar-refractivity contribution in [3.8, 4) is 0 Å². The summed E-state index contributed by atoms with van der Waals surface area (Å²) in [5.74, 6) is 1.93. The molecule has 0 unspecified atom stereocenters. The van der Waals surface area contributed by atoms with Gasteiger partial charge in [-0.2, -0.15) is 0 Å². The first-order chi connectivity index (χ1) is 5.36. The molecular weight excluding hydrogens is 247 g/mol. The van der Waals surface area contributed by atoms with Gasteiger partial charge in [0.1, 0.15) is 0 Å². The maximum absolute atomic E-state index is 2.52. The minimum Gasteiger partial charge on any atom is -0.0914 e. The molecule has 0 heterocycles. The van der Waals surface area contributed by atoms with Gasteiger partial charge in [0, 0.05) is 4.43 Å². The number of hydrogen-bond donors (Lipinski definition) is 0. The van der Waals surface area contributed by atoms with Gasteiger partial charge in [-0.25, -0.2) is 0 Å². The Hall–Kier alpha value is 0.470. The first-order valence-corrected chi connectivity index (χ1v) is 6.08. The van der Waals surface area contributed by atoms with Crippen LogP contribution in [0.4, 0.5) is 0 Å². The Kier molecular flexibility index (Phi) is 4.50. The summed E-state index contributed by atoms with van der Waals surface area (Å²) < 4.78 is 1.36. The lowest BCUT2D eigenvalue weighted by Crippen LogP contribution is -2.13. The zero-order valence-electron chi connectivity index (χ0n) is 7.22. The van der Waals surface area contributed by atoms with E-state index in [1.54, 1.807) is 0 Å². The summed E-state index contributed by atoms with van der Waals surface area (Å²) in [6, 6.07) is 0. The van der Waals surface area contributed by atoms with Crippen molar-refractivity contribution in [3.05, 3.63) is 12.2 Å². The zero-order valence-corrected chi connectivity index (χ0v) is 9.38. The second kappa shape index (κ2) is 5.18. The van der Waals surface area contributed by atoms with Crippen LogP contribution in [0.15, 0.2) is 12.2 Å². The molecule has 1 fully saturated rings. The molecule has 0 atom stereocenters. The van der Waals surface area contributed by atoms with Gasteiger partial charge in [-0.1, -0.05) is 34.7 Å². The highest BCUT2D eigenvalue weighted by atomic mass is 127. The maximum Gasteiger partial charge on any atom is 0.00237 e. The fourth-order valence-electron chi connectivity index (χ4n) is 1.81. The fraction of sp³-hybridized carbons (Fsp3) is 0.800. The van der Waals surface area contributed by atoms with E-state index in [2.05, 4.69) is 41.7 Å². The van der Waals surface area contributed by atoms with Crippen molar-refractivity contribution in [3.63, 3.8) is 0 Å². The lowest BCUT2D eigenvalue weighted by Gasteiger charge is -2.24. The van der Waals surface area contributed by atoms with Gasteiger partial charge in [0.25, 0.3) is 0 Å². The van der Waals surface area contributed by atoms with Gasteiger partial charge < -0.3 is 0 Å². The Labute approximate surface area is 83.6 Å². The van der Waals surface area contributed by atoms with Gasteiger partial charge in [-0.05, 0) is 44.4 Å². The highest BCUT2D eigenvalue weighted by molar-refractivity contribution is 14.1. The third-order valence-corrected chi connectivity index (χ3v) is 3.82. The first-order valence-electron chi connectivity index (χ1n) is 4.55. The highest BCUT2D eigenvalue weighted by Crippen LogP contribution is 2.30. The van der Waals surface area contributed by atoms with E-state index >= 15 is 0 Å². The van der Waals surface area contributed by atoms with Crippen LogP contribution in [-0.2, 0) is 0 Å². The largest absolute Gasteiger partial charge is 0.0914 e. The van der Waals surface area contributed by atoms with E-state index in [1.165, 1.54) is 30.1 Å². The number of allylic oxidation sites excluding steroid dienone is 2. The van der Waals surface area contributed by atoms with Gasteiger partial charge in [0.05, 0.1) is 0 Å². The molecule has 1 aliphatic rings. The molecule has 0 aromatic heterocycles. The summed E-state index contributed by atoms with van der Waals surface area (Å²) in [5, 5.41) is 0. The molecule has 11 heavy (non-hydrogen) atoms. The topological polar surface area (TPSA) is 0 Å². The van der Waals surface area contributed by atoms with Gasteiger partial charge >= 0.3 is 0 Å². The number of hydrogen-bond acceptors (Lipinski definition) is 0. The smallest absolute Gasteiger partial charge is 0.00237 e. The molecule has 1 saturated carbocycles. The molecular formula is C10H17I. The fourth-order valence-corrected chi connectivity index (χ4v) is 2.69. The van der Waals surface area contributed by atoms with Crippen molar-refractivity contribution in [2.75, 3.05) is 4.43 Å². The van der Waals surface area contributed by atoms with Crippen LogP contribution >= 0.6 is 22.6 Å². The van der Waals surface area contributed by atoms with Crippen LogP contribution < -0.4 is 0 Å². The Morgan fingerprint density at radius 2 is 1.91 bits per heavy atom. The predicted octanol–water partition coefficient (Wildman–Crippen LogP) is 3.80. The SMILES string of the molecule is C/C=C/C1CCC(CI)CC1. The average Bonchev–Trinajstić information content (AvgIpc) is 2.07. The summed E-state index contributed by atoms with van der Waals surface area (Å²) in [5.41, 5.74) is 0. The summed E-state index contributed by atoms with van der Waals surface area (Å²) in [4.78, 5) is 0. The Morgan fingerprint density at radius 1 is 1.27 bits per heavy atom. The van der Waals surface area contributed by atoms with E-state index in [1.807, 2.05) is 0 Å². The molecule has 64 valence electrons. The quantitative estimate of drug-likeness (QED) is 0.404. The van der Waals surface area contributed by atoms with Crippen molar-refractivity contribution in [1.82, 2.24) is 0 Å². The maximum atomic E-state index is 2.52. The molecule has 1 aliphatic carbocycles. The molecule has 0 aromatic carbocycles. The molecule has 1 rings (SSSR count). The molecule has 0 aromatic rings. The lowest BCUT2D eigenvalue weighted by atomic mass is 9.83. The molecule has 0 nitrogen and oxygen atoms in total. The molecule has 0 saturated heterocycles. The second-order valence-corrected chi connectivity index (χ2v) is 4.34. The standard InChI is InChI=1S/C10H17I/c1-2-3-9-4-6-10(8-11)7-5-9/h2-3,9-10H,4-8H2,1H3/b3-2+. The molecule has 0 spiro atoms. The number of rotatable bonds is 2. The third kappa shape index (κ3) is 3.14. The lowest BCUT2D eigenvalue weighted by molar-refractivity contribution is 0.338. The monoisotopic (exact) mass is 264 g/mol. The van der Waals surface area contributed by atoms with Crippen LogP contribution in [0.2, 0.25) is 0 Å². The van der Waals surface area contributed by atoms with E-state index in [0.29, 0.717) is 0 Å². The summed E-state index contributed by atoms with van der Waals surface area (Å²) in [7, 11) is 0. The van der Waals surface area contributed by atoms with Crippen LogP contribution in [-0.4, -0.2) is 4.43 Å². The summed E-state index contributed by atoms with van der Waals surface area (Å²) in [6.45, 7) is 2.13. The van der Waals surface area contributed by atoms with Crippen molar-refractivity contribution >= 4 is 22.6 Å². The average molecular weight is 264 g/mol. The summed E-state index contributed by atoms with van der Waals surface area (Å²) in [6.07, 6.45) is 10.4. The minimum atomic E-state index is 0.902. The Balaban J connectivity index is 2.24. The molecule has 0 radical (unpaired) electrons.